The quantitative estimate of drug-likeness (QED) is 0.758. The van der Waals surface area contributed by atoms with Gasteiger partial charge in [-0.2, -0.15) is 0 Å². The number of amides is 1. The smallest absolute Gasteiger partial charge is 0.257 e. The van der Waals surface area contributed by atoms with E-state index in [1.54, 1.807) is 29.6 Å². The predicted octanol–water partition coefficient (Wildman–Crippen LogP) is 4.52. The Bertz CT molecular complexity index is 875. The fourth-order valence-corrected chi connectivity index (χ4v) is 2.88. The summed E-state index contributed by atoms with van der Waals surface area (Å²) >= 11 is 1.29. The first-order valence-electron chi connectivity index (χ1n) is 7.24. The van der Waals surface area contributed by atoms with E-state index >= 15 is 0 Å². The molecule has 0 saturated carbocycles. The van der Waals surface area contributed by atoms with E-state index in [1.807, 2.05) is 19.1 Å². The van der Waals surface area contributed by atoms with E-state index in [4.69, 9.17) is 4.74 Å². The van der Waals surface area contributed by atoms with Gasteiger partial charge in [-0.05, 0) is 37.3 Å². The maximum atomic E-state index is 13.8. The number of thiazole rings is 1. The second-order valence-electron chi connectivity index (χ2n) is 5.21. The molecule has 6 heteroatoms. The first-order chi connectivity index (χ1) is 11.6. The Kier molecular flexibility index (Phi) is 4.57. The summed E-state index contributed by atoms with van der Waals surface area (Å²) in [6.07, 6.45) is 0. The molecule has 0 spiro atoms. The van der Waals surface area contributed by atoms with Crippen molar-refractivity contribution in [3.8, 4) is 17.0 Å². The Morgan fingerprint density at radius 3 is 2.62 bits per heavy atom. The van der Waals surface area contributed by atoms with E-state index in [2.05, 4.69) is 10.3 Å². The lowest BCUT2D eigenvalue weighted by atomic mass is 10.1. The lowest BCUT2D eigenvalue weighted by Gasteiger charge is -2.03. The standard InChI is InChI=1S/C18H15FN2O2S/c1-11-3-5-12(6-4-11)17(22)21-18-20-15(10-24-18)13-7-8-16(23-2)14(19)9-13/h3-10H,1-2H3,(H,20,21,22). The van der Waals surface area contributed by atoms with Gasteiger partial charge in [0, 0.05) is 16.5 Å². The summed E-state index contributed by atoms with van der Waals surface area (Å²) < 4.78 is 18.7. The second kappa shape index (κ2) is 6.80. The highest BCUT2D eigenvalue weighted by molar-refractivity contribution is 7.14. The van der Waals surface area contributed by atoms with Gasteiger partial charge in [-0.3, -0.25) is 10.1 Å². The first-order valence-corrected chi connectivity index (χ1v) is 8.12. The molecule has 24 heavy (non-hydrogen) atoms. The van der Waals surface area contributed by atoms with Gasteiger partial charge in [-0.15, -0.1) is 11.3 Å². The summed E-state index contributed by atoms with van der Waals surface area (Å²) in [4.78, 5) is 16.5. The number of hydrogen-bond acceptors (Lipinski definition) is 4. The number of carbonyl (C=O) groups is 1. The Balaban J connectivity index is 1.77. The van der Waals surface area contributed by atoms with Crippen LogP contribution in [0, 0.1) is 12.7 Å². The van der Waals surface area contributed by atoms with Gasteiger partial charge >= 0.3 is 0 Å². The third-order valence-electron chi connectivity index (χ3n) is 3.49. The van der Waals surface area contributed by atoms with Crippen molar-refractivity contribution in [3.63, 3.8) is 0 Å². The minimum absolute atomic E-state index is 0.182. The van der Waals surface area contributed by atoms with E-state index in [1.165, 1.54) is 24.5 Å². The highest BCUT2D eigenvalue weighted by Crippen LogP contribution is 2.28. The summed E-state index contributed by atoms with van der Waals surface area (Å²) in [6, 6.07) is 11.9. The van der Waals surface area contributed by atoms with Crippen LogP contribution in [0.25, 0.3) is 11.3 Å². The molecule has 1 N–H and O–H groups in total. The molecule has 1 aromatic heterocycles. The van der Waals surface area contributed by atoms with E-state index in [9.17, 15) is 9.18 Å². The van der Waals surface area contributed by atoms with Crippen LogP contribution >= 0.6 is 11.3 Å². The number of nitrogens with zero attached hydrogens (tertiary/aromatic N) is 1. The Morgan fingerprint density at radius 2 is 1.96 bits per heavy atom. The number of aryl methyl sites for hydroxylation is 1. The molecule has 0 atom stereocenters. The molecule has 0 fully saturated rings. The van der Waals surface area contributed by atoms with Gasteiger partial charge in [0.25, 0.3) is 5.91 Å². The summed E-state index contributed by atoms with van der Waals surface area (Å²) in [6.45, 7) is 1.96. The SMILES string of the molecule is COc1ccc(-c2csc(NC(=O)c3ccc(C)cc3)n2)cc1F. The molecular formula is C18H15FN2O2S. The molecule has 0 aliphatic heterocycles. The van der Waals surface area contributed by atoms with Crippen molar-refractivity contribution in [1.82, 2.24) is 4.98 Å². The van der Waals surface area contributed by atoms with Crippen LogP contribution in [-0.2, 0) is 0 Å². The molecule has 2 aromatic carbocycles. The van der Waals surface area contributed by atoms with E-state index in [-0.39, 0.29) is 11.7 Å². The Morgan fingerprint density at radius 1 is 1.21 bits per heavy atom. The number of carbonyl (C=O) groups excluding carboxylic acids is 1. The van der Waals surface area contributed by atoms with Crippen LogP contribution in [0.5, 0.6) is 5.75 Å². The summed E-state index contributed by atoms with van der Waals surface area (Å²) in [5.41, 5.74) is 2.87. The minimum Gasteiger partial charge on any atom is -0.494 e. The van der Waals surface area contributed by atoms with Crippen LogP contribution in [0.2, 0.25) is 0 Å². The van der Waals surface area contributed by atoms with Crippen molar-refractivity contribution in [2.45, 2.75) is 6.92 Å². The monoisotopic (exact) mass is 342 g/mol. The predicted molar refractivity (Wildman–Crippen MR) is 93.2 cm³/mol. The van der Waals surface area contributed by atoms with Gasteiger partial charge in [0.05, 0.1) is 12.8 Å². The number of aromatic nitrogens is 1. The molecule has 0 aliphatic carbocycles. The third kappa shape index (κ3) is 3.44. The van der Waals surface area contributed by atoms with Gasteiger partial charge in [0.2, 0.25) is 0 Å². The number of anilines is 1. The molecule has 3 rings (SSSR count). The molecule has 0 radical (unpaired) electrons. The number of ether oxygens (including phenoxy) is 1. The van der Waals surface area contributed by atoms with Crippen LogP contribution in [-0.4, -0.2) is 18.0 Å². The third-order valence-corrected chi connectivity index (χ3v) is 4.24. The number of benzene rings is 2. The highest BCUT2D eigenvalue weighted by Gasteiger charge is 2.11. The first kappa shape index (κ1) is 16.1. The fourth-order valence-electron chi connectivity index (χ4n) is 2.16. The average Bonchev–Trinajstić information content (AvgIpc) is 3.04. The lowest BCUT2D eigenvalue weighted by molar-refractivity contribution is 0.102. The lowest BCUT2D eigenvalue weighted by Crippen LogP contribution is -2.11. The molecule has 4 nitrogen and oxygen atoms in total. The van der Waals surface area contributed by atoms with E-state index in [0.717, 1.165) is 5.56 Å². The Labute approximate surface area is 142 Å². The van der Waals surface area contributed by atoms with Crippen molar-refractivity contribution in [3.05, 3.63) is 64.8 Å². The zero-order valence-corrected chi connectivity index (χ0v) is 14.0. The van der Waals surface area contributed by atoms with Gasteiger partial charge in [-0.1, -0.05) is 17.7 Å². The molecule has 0 aliphatic rings. The average molecular weight is 342 g/mol. The highest BCUT2D eigenvalue weighted by atomic mass is 32.1. The van der Waals surface area contributed by atoms with Crippen LogP contribution in [0.1, 0.15) is 15.9 Å². The number of rotatable bonds is 4. The Hall–Kier alpha value is -2.73. The number of nitrogens with one attached hydrogen (secondary N) is 1. The molecular weight excluding hydrogens is 327 g/mol. The normalized spacial score (nSPS) is 10.5. The zero-order valence-electron chi connectivity index (χ0n) is 13.2. The van der Waals surface area contributed by atoms with Crippen molar-refractivity contribution >= 4 is 22.4 Å². The van der Waals surface area contributed by atoms with Crippen LogP contribution < -0.4 is 10.1 Å². The molecule has 1 heterocycles. The van der Waals surface area contributed by atoms with E-state index in [0.29, 0.717) is 22.0 Å². The minimum atomic E-state index is -0.451. The van der Waals surface area contributed by atoms with Gasteiger partial charge in [0.1, 0.15) is 0 Å². The van der Waals surface area contributed by atoms with Gasteiger partial charge in [-0.25, -0.2) is 9.37 Å². The van der Waals surface area contributed by atoms with Crippen molar-refractivity contribution in [1.29, 1.82) is 0 Å². The fraction of sp³-hybridized carbons (Fsp3) is 0.111. The molecule has 0 bridgehead atoms. The van der Waals surface area contributed by atoms with Gasteiger partial charge < -0.3 is 4.74 Å². The zero-order chi connectivity index (χ0) is 17.1. The number of halogens is 1. The van der Waals surface area contributed by atoms with Crippen molar-refractivity contribution in [2.24, 2.45) is 0 Å². The molecule has 0 saturated heterocycles. The molecule has 0 unspecified atom stereocenters. The summed E-state index contributed by atoms with van der Waals surface area (Å²) in [5, 5.41) is 4.99. The van der Waals surface area contributed by atoms with Gasteiger partial charge in [0.15, 0.2) is 16.7 Å². The largest absolute Gasteiger partial charge is 0.494 e. The number of methoxy groups -OCH3 is 1. The maximum absolute atomic E-state index is 13.8. The van der Waals surface area contributed by atoms with Crippen molar-refractivity contribution in [2.75, 3.05) is 12.4 Å². The van der Waals surface area contributed by atoms with Crippen LogP contribution in [0.3, 0.4) is 0 Å². The summed E-state index contributed by atoms with van der Waals surface area (Å²) in [5.74, 6) is -0.494. The van der Waals surface area contributed by atoms with Crippen molar-refractivity contribution < 1.29 is 13.9 Å². The van der Waals surface area contributed by atoms with E-state index < -0.39 is 5.82 Å². The summed E-state index contributed by atoms with van der Waals surface area (Å²) in [7, 11) is 1.42. The van der Waals surface area contributed by atoms with Crippen LogP contribution in [0.4, 0.5) is 9.52 Å². The molecule has 1 amide bonds. The van der Waals surface area contributed by atoms with Crippen LogP contribution in [0.15, 0.2) is 47.8 Å². The molecule has 122 valence electrons. The maximum Gasteiger partial charge on any atom is 0.257 e. The number of hydrogen-bond donors (Lipinski definition) is 1. The molecule has 3 aromatic rings. The second-order valence-corrected chi connectivity index (χ2v) is 6.07. The topological polar surface area (TPSA) is 51.2 Å².